The van der Waals surface area contributed by atoms with E-state index in [9.17, 15) is 0 Å². The van der Waals surface area contributed by atoms with E-state index in [1.165, 1.54) is 0 Å². The third-order valence-electron chi connectivity index (χ3n) is 3.36. The van der Waals surface area contributed by atoms with Crippen LogP contribution in [0.15, 0.2) is 36.4 Å². The zero-order chi connectivity index (χ0) is 14.7. The molecular formula is C15H18ClN3O. The van der Waals surface area contributed by atoms with Crippen molar-refractivity contribution in [3.8, 4) is 5.88 Å². The first-order chi connectivity index (χ1) is 9.54. The van der Waals surface area contributed by atoms with Crippen LogP contribution in [0.1, 0.15) is 18.5 Å². The van der Waals surface area contributed by atoms with Crippen LogP contribution in [-0.4, -0.2) is 19.1 Å². The summed E-state index contributed by atoms with van der Waals surface area (Å²) in [4.78, 5) is 6.39. The molecule has 2 N–H and O–H groups in total. The summed E-state index contributed by atoms with van der Waals surface area (Å²) in [5, 5.41) is 0.730. The standard InChI is InChI=1S/C15H18ClN3O/c1-10(11-6-4-5-7-12(11)16)19(2)15-13(17)8-9-14(18-15)20-3/h4-10H,17H2,1-3H3. The highest BCUT2D eigenvalue weighted by atomic mass is 35.5. The van der Waals surface area contributed by atoms with Crippen LogP contribution in [0.4, 0.5) is 11.5 Å². The molecule has 0 radical (unpaired) electrons. The summed E-state index contributed by atoms with van der Waals surface area (Å²) >= 11 is 6.25. The molecule has 0 fully saturated rings. The molecule has 20 heavy (non-hydrogen) atoms. The maximum absolute atomic E-state index is 6.25. The van der Waals surface area contributed by atoms with Gasteiger partial charge in [-0.2, -0.15) is 4.98 Å². The summed E-state index contributed by atoms with van der Waals surface area (Å²) < 4.78 is 5.15. The van der Waals surface area contributed by atoms with Gasteiger partial charge in [-0.3, -0.25) is 0 Å². The second-order valence-electron chi connectivity index (χ2n) is 4.57. The number of nitrogen functional groups attached to an aromatic ring is 1. The molecule has 5 heteroatoms. The van der Waals surface area contributed by atoms with Crippen molar-refractivity contribution in [3.63, 3.8) is 0 Å². The van der Waals surface area contributed by atoms with E-state index in [0.717, 1.165) is 10.6 Å². The molecule has 0 saturated carbocycles. The minimum Gasteiger partial charge on any atom is -0.481 e. The highest BCUT2D eigenvalue weighted by Crippen LogP contribution is 2.32. The van der Waals surface area contributed by atoms with E-state index < -0.39 is 0 Å². The molecule has 1 aromatic heterocycles. The maximum Gasteiger partial charge on any atom is 0.215 e. The minimum absolute atomic E-state index is 0.0469. The van der Waals surface area contributed by atoms with E-state index in [1.54, 1.807) is 19.2 Å². The molecule has 1 atom stereocenters. The summed E-state index contributed by atoms with van der Waals surface area (Å²) in [6.07, 6.45) is 0. The van der Waals surface area contributed by atoms with Crippen LogP contribution in [0, 0.1) is 0 Å². The number of anilines is 2. The molecule has 2 rings (SSSR count). The van der Waals surface area contributed by atoms with Crippen molar-refractivity contribution < 1.29 is 4.74 Å². The summed E-state index contributed by atoms with van der Waals surface area (Å²) in [6, 6.07) is 11.3. The Morgan fingerprint density at radius 2 is 1.95 bits per heavy atom. The lowest BCUT2D eigenvalue weighted by molar-refractivity contribution is 0.398. The van der Waals surface area contributed by atoms with Crippen molar-refractivity contribution in [2.24, 2.45) is 0 Å². The van der Waals surface area contributed by atoms with Crippen LogP contribution in [0.2, 0.25) is 5.02 Å². The van der Waals surface area contributed by atoms with E-state index >= 15 is 0 Å². The van der Waals surface area contributed by atoms with Crippen molar-refractivity contribution in [1.82, 2.24) is 4.98 Å². The zero-order valence-corrected chi connectivity index (χ0v) is 12.6. The molecule has 0 aliphatic rings. The quantitative estimate of drug-likeness (QED) is 0.936. The average Bonchev–Trinajstić information content (AvgIpc) is 2.47. The van der Waals surface area contributed by atoms with Crippen molar-refractivity contribution in [3.05, 3.63) is 47.0 Å². The molecule has 1 heterocycles. The van der Waals surface area contributed by atoms with Gasteiger partial charge in [-0.05, 0) is 24.6 Å². The van der Waals surface area contributed by atoms with Crippen molar-refractivity contribution >= 4 is 23.1 Å². The van der Waals surface area contributed by atoms with Crippen LogP contribution >= 0.6 is 11.6 Å². The first-order valence-corrected chi connectivity index (χ1v) is 6.70. The van der Waals surface area contributed by atoms with Gasteiger partial charge in [0.15, 0.2) is 5.82 Å². The number of pyridine rings is 1. The van der Waals surface area contributed by atoms with Gasteiger partial charge in [-0.15, -0.1) is 0 Å². The lowest BCUT2D eigenvalue weighted by Gasteiger charge is -2.28. The Bertz CT molecular complexity index is 603. The Balaban J connectivity index is 2.36. The SMILES string of the molecule is COc1ccc(N)c(N(C)C(C)c2ccccc2Cl)n1. The van der Waals surface area contributed by atoms with E-state index in [0.29, 0.717) is 17.4 Å². The van der Waals surface area contributed by atoms with Gasteiger partial charge in [0.1, 0.15) is 0 Å². The number of benzene rings is 1. The predicted octanol–water partition coefficient (Wildman–Crippen LogP) is 3.52. The normalized spacial score (nSPS) is 12.0. The number of ether oxygens (including phenoxy) is 1. The largest absolute Gasteiger partial charge is 0.481 e. The number of aromatic nitrogens is 1. The van der Waals surface area contributed by atoms with Gasteiger partial charge in [-0.1, -0.05) is 29.8 Å². The molecule has 0 amide bonds. The Kier molecular flexibility index (Phi) is 4.35. The molecule has 0 saturated heterocycles. The number of nitrogens with two attached hydrogens (primary N) is 1. The Morgan fingerprint density at radius 1 is 1.25 bits per heavy atom. The van der Waals surface area contributed by atoms with Crippen molar-refractivity contribution in [1.29, 1.82) is 0 Å². The van der Waals surface area contributed by atoms with Gasteiger partial charge in [0, 0.05) is 18.1 Å². The van der Waals surface area contributed by atoms with Crippen LogP contribution in [0.5, 0.6) is 5.88 Å². The molecular weight excluding hydrogens is 274 g/mol. The van der Waals surface area contributed by atoms with E-state index in [1.807, 2.05) is 36.2 Å². The number of halogens is 1. The highest BCUT2D eigenvalue weighted by molar-refractivity contribution is 6.31. The molecule has 2 aromatic rings. The second-order valence-corrected chi connectivity index (χ2v) is 4.98. The number of hydrogen-bond acceptors (Lipinski definition) is 4. The minimum atomic E-state index is 0.0469. The number of rotatable bonds is 4. The summed E-state index contributed by atoms with van der Waals surface area (Å²) in [6.45, 7) is 2.06. The van der Waals surface area contributed by atoms with Crippen molar-refractivity contribution in [2.45, 2.75) is 13.0 Å². The molecule has 0 aliphatic heterocycles. The Labute approximate surface area is 124 Å². The first-order valence-electron chi connectivity index (χ1n) is 6.32. The molecule has 0 spiro atoms. The third-order valence-corrected chi connectivity index (χ3v) is 3.70. The van der Waals surface area contributed by atoms with Gasteiger partial charge in [0.2, 0.25) is 5.88 Å². The smallest absolute Gasteiger partial charge is 0.215 e. The van der Waals surface area contributed by atoms with Gasteiger partial charge in [0.25, 0.3) is 0 Å². The van der Waals surface area contributed by atoms with Crippen LogP contribution < -0.4 is 15.4 Å². The predicted molar refractivity (Wildman–Crippen MR) is 83.5 cm³/mol. The molecule has 1 unspecified atom stereocenters. The van der Waals surface area contributed by atoms with Crippen LogP contribution in [0.3, 0.4) is 0 Å². The molecule has 0 bridgehead atoms. The van der Waals surface area contributed by atoms with Crippen molar-refractivity contribution in [2.75, 3.05) is 24.8 Å². The fourth-order valence-electron chi connectivity index (χ4n) is 2.04. The number of methoxy groups -OCH3 is 1. The molecule has 1 aromatic carbocycles. The summed E-state index contributed by atoms with van der Waals surface area (Å²) in [5.74, 6) is 1.21. The van der Waals surface area contributed by atoms with Crippen LogP contribution in [0.25, 0.3) is 0 Å². The zero-order valence-electron chi connectivity index (χ0n) is 11.8. The van der Waals surface area contributed by atoms with Gasteiger partial charge in [-0.25, -0.2) is 0 Å². The lowest BCUT2D eigenvalue weighted by Crippen LogP contribution is -2.24. The topological polar surface area (TPSA) is 51.4 Å². The van der Waals surface area contributed by atoms with E-state index in [2.05, 4.69) is 11.9 Å². The maximum atomic E-state index is 6.25. The van der Waals surface area contributed by atoms with Gasteiger partial charge < -0.3 is 15.4 Å². The number of hydrogen-bond donors (Lipinski definition) is 1. The monoisotopic (exact) mass is 291 g/mol. The Hall–Kier alpha value is -1.94. The fraction of sp³-hybridized carbons (Fsp3) is 0.267. The number of nitrogens with zero attached hydrogens (tertiary/aromatic N) is 2. The first kappa shape index (κ1) is 14.5. The summed E-state index contributed by atoms with van der Waals surface area (Å²) in [7, 11) is 3.52. The van der Waals surface area contributed by atoms with E-state index in [-0.39, 0.29) is 6.04 Å². The van der Waals surface area contributed by atoms with E-state index in [4.69, 9.17) is 22.1 Å². The van der Waals surface area contributed by atoms with Gasteiger partial charge in [0.05, 0.1) is 18.8 Å². The highest BCUT2D eigenvalue weighted by Gasteiger charge is 2.18. The summed E-state index contributed by atoms with van der Waals surface area (Å²) in [5.41, 5.74) is 7.64. The molecule has 0 aliphatic carbocycles. The molecule has 106 valence electrons. The van der Waals surface area contributed by atoms with Crippen LogP contribution in [-0.2, 0) is 0 Å². The Morgan fingerprint density at radius 3 is 2.60 bits per heavy atom. The third kappa shape index (κ3) is 2.80. The average molecular weight is 292 g/mol. The fourth-order valence-corrected chi connectivity index (χ4v) is 2.34. The second kappa shape index (κ2) is 6.01. The molecule has 4 nitrogen and oxygen atoms in total. The van der Waals surface area contributed by atoms with Gasteiger partial charge >= 0.3 is 0 Å². The lowest BCUT2D eigenvalue weighted by atomic mass is 10.1.